The molecule has 6 nitrogen and oxygen atoms in total. The van der Waals surface area contributed by atoms with Crippen LogP contribution >= 0.6 is 0 Å². The lowest BCUT2D eigenvalue weighted by Crippen LogP contribution is -2.17. The first-order valence-electron chi connectivity index (χ1n) is 7.35. The number of hydrogen-bond donors (Lipinski definition) is 1. The van der Waals surface area contributed by atoms with Gasteiger partial charge in [0.1, 0.15) is 5.69 Å². The quantitative estimate of drug-likeness (QED) is 0.654. The van der Waals surface area contributed by atoms with Crippen molar-refractivity contribution in [2.75, 3.05) is 13.2 Å². The van der Waals surface area contributed by atoms with Gasteiger partial charge < -0.3 is 15.2 Å². The van der Waals surface area contributed by atoms with Crippen LogP contribution in [0.15, 0.2) is 47.6 Å². The molecule has 0 saturated carbocycles. The van der Waals surface area contributed by atoms with Gasteiger partial charge in [-0.3, -0.25) is 9.78 Å². The van der Waals surface area contributed by atoms with E-state index in [0.29, 0.717) is 36.0 Å². The Kier molecular flexibility index (Phi) is 5.68. The van der Waals surface area contributed by atoms with E-state index in [-0.39, 0.29) is 5.84 Å². The van der Waals surface area contributed by atoms with Gasteiger partial charge in [0.25, 0.3) is 5.91 Å². The molecule has 23 heavy (non-hydrogen) atoms. The number of ether oxygens (including phenoxy) is 2. The maximum Gasteiger partial charge on any atom is 0.279 e. The summed E-state index contributed by atoms with van der Waals surface area (Å²) in [6.07, 6.45) is 1.59. The number of nitrogens with zero attached hydrogens (tertiary/aromatic N) is 2. The van der Waals surface area contributed by atoms with E-state index in [1.807, 2.05) is 13.8 Å². The molecule has 6 heteroatoms. The molecule has 120 valence electrons. The molecule has 0 aliphatic heterocycles. The van der Waals surface area contributed by atoms with Gasteiger partial charge in [-0.25, -0.2) is 0 Å². The molecule has 0 aliphatic carbocycles. The van der Waals surface area contributed by atoms with Crippen LogP contribution < -0.4 is 15.2 Å². The van der Waals surface area contributed by atoms with Crippen LogP contribution in [0.1, 0.15) is 29.9 Å². The summed E-state index contributed by atoms with van der Waals surface area (Å²) in [6, 6.07) is 10.2. The molecule has 0 radical (unpaired) electrons. The van der Waals surface area contributed by atoms with Gasteiger partial charge in [0.15, 0.2) is 17.3 Å². The lowest BCUT2D eigenvalue weighted by Gasteiger charge is -2.11. The minimum Gasteiger partial charge on any atom is -0.490 e. The molecule has 1 amide bonds. The Morgan fingerprint density at radius 1 is 1.13 bits per heavy atom. The van der Waals surface area contributed by atoms with Crippen molar-refractivity contribution in [3.05, 3.63) is 53.9 Å². The number of carbonyl (C=O) groups excluding carboxylic acids is 1. The number of pyridine rings is 1. The van der Waals surface area contributed by atoms with Crippen molar-refractivity contribution in [1.29, 1.82) is 0 Å². The van der Waals surface area contributed by atoms with Crippen molar-refractivity contribution in [2.24, 2.45) is 10.7 Å². The summed E-state index contributed by atoms with van der Waals surface area (Å²) in [5.41, 5.74) is 6.64. The monoisotopic (exact) mass is 313 g/mol. The van der Waals surface area contributed by atoms with Crippen molar-refractivity contribution >= 4 is 11.7 Å². The van der Waals surface area contributed by atoms with Gasteiger partial charge in [-0.15, -0.1) is 0 Å². The average Bonchev–Trinajstić information content (AvgIpc) is 2.57. The van der Waals surface area contributed by atoms with Crippen molar-refractivity contribution < 1.29 is 14.3 Å². The topological polar surface area (TPSA) is 86.8 Å². The number of aromatic nitrogens is 1. The molecule has 0 fully saturated rings. The van der Waals surface area contributed by atoms with Gasteiger partial charge in [0.2, 0.25) is 0 Å². The second-order valence-electron chi connectivity index (χ2n) is 4.54. The smallest absolute Gasteiger partial charge is 0.279 e. The van der Waals surface area contributed by atoms with E-state index < -0.39 is 5.91 Å². The average molecular weight is 313 g/mol. The molecule has 1 aromatic carbocycles. The van der Waals surface area contributed by atoms with Crippen molar-refractivity contribution in [3.63, 3.8) is 0 Å². The van der Waals surface area contributed by atoms with E-state index in [4.69, 9.17) is 15.2 Å². The molecular formula is C17H19N3O3. The predicted octanol–water partition coefficient (Wildman–Crippen LogP) is 2.42. The lowest BCUT2D eigenvalue weighted by molar-refractivity contribution is 0.100. The number of nitrogens with two attached hydrogens (primary N) is 1. The van der Waals surface area contributed by atoms with Gasteiger partial charge in [0.05, 0.1) is 13.2 Å². The van der Waals surface area contributed by atoms with E-state index in [9.17, 15) is 4.79 Å². The van der Waals surface area contributed by atoms with Crippen LogP contribution in [0.5, 0.6) is 11.5 Å². The third-order valence-electron chi connectivity index (χ3n) is 2.94. The second-order valence-corrected chi connectivity index (χ2v) is 4.54. The summed E-state index contributed by atoms with van der Waals surface area (Å²) in [5.74, 6) is 0.707. The summed E-state index contributed by atoms with van der Waals surface area (Å²) in [5, 5.41) is 0. The molecule has 2 N–H and O–H groups in total. The first-order chi connectivity index (χ1) is 11.2. The van der Waals surface area contributed by atoms with Gasteiger partial charge in [0, 0.05) is 11.8 Å². The van der Waals surface area contributed by atoms with Crippen LogP contribution in [-0.2, 0) is 0 Å². The molecule has 1 aromatic heterocycles. The lowest BCUT2D eigenvalue weighted by atomic mass is 10.2. The summed E-state index contributed by atoms with van der Waals surface area (Å²) in [4.78, 5) is 20.2. The minimum absolute atomic E-state index is 0.0717. The Balaban J connectivity index is 2.27. The first-order valence-corrected chi connectivity index (χ1v) is 7.35. The minimum atomic E-state index is -0.461. The normalized spacial score (nSPS) is 11.1. The molecular weight excluding hydrogens is 294 g/mol. The number of amides is 1. The Bertz CT molecular complexity index is 699. The molecule has 0 saturated heterocycles. The van der Waals surface area contributed by atoms with Crippen LogP contribution in [0.3, 0.4) is 0 Å². The highest BCUT2D eigenvalue weighted by atomic mass is 16.5. The molecule has 2 aromatic rings. The zero-order chi connectivity index (χ0) is 16.7. The molecule has 0 spiro atoms. The van der Waals surface area contributed by atoms with Crippen molar-refractivity contribution in [2.45, 2.75) is 13.8 Å². The zero-order valence-electron chi connectivity index (χ0n) is 13.2. The molecule has 0 atom stereocenters. The van der Waals surface area contributed by atoms with Crippen LogP contribution in [0.25, 0.3) is 0 Å². The van der Waals surface area contributed by atoms with E-state index in [2.05, 4.69) is 9.98 Å². The largest absolute Gasteiger partial charge is 0.490 e. The van der Waals surface area contributed by atoms with Gasteiger partial charge in [-0.05, 0) is 44.2 Å². The highest BCUT2D eigenvalue weighted by molar-refractivity contribution is 6.08. The number of amidine groups is 1. The fourth-order valence-electron chi connectivity index (χ4n) is 1.93. The first kappa shape index (κ1) is 16.5. The zero-order valence-corrected chi connectivity index (χ0v) is 13.2. The number of aliphatic imine (C=N–C) groups is 1. The van der Waals surface area contributed by atoms with Crippen LogP contribution in [0, 0.1) is 0 Å². The standard InChI is InChI=1S/C17H19N3O3/c1-3-22-14-9-8-12(11-15(14)23-4-2)17(21)20-16(18)13-7-5-6-10-19-13/h5-11H,3-4H2,1-2H3,(H2,18,20,21). The molecule has 0 bridgehead atoms. The Labute approximate surface area is 135 Å². The highest BCUT2D eigenvalue weighted by Gasteiger charge is 2.12. The van der Waals surface area contributed by atoms with Gasteiger partial charge in [-0.1, -0.05) is 6.07 Å². The SMILES string of the molecule is CCOc1ccc(C(=O)N=C(N)c2ccccn2)cc1OCC. The number of hydrogen-bond acceptors (Lipinski definition) is 4. The number of carbonyl (C=O) groups is 1. The van der Waals surface area contributed by atoms with E-state index in [1.165, 1.54) is 0 Å². The molecule has 0 aliphatic rings. The van der Waals surface area contributed by atoms with Crippen LogP contribution in [0.2, 0.25) is 0 Å². The fourth-order valence-corrected chi connectivity index (χ4v) is 1.93. The third kappa shape index (κ3) is 4.29. The Morgan fingerprint density at radius 2 is 1.87 bits per heavy atom. The fraction of sp³-hybridized carbons (Fsp3) is 0.235. The summed E-state index contributed by atoms with van der Waals surface area (Å²) < 4.78 is 11.0. The molecule has 0 unspecified atom stereocenters. The Morgan fingerprint density at radius 3 is 2.52 bits per heavy atom. The molecule has 1 heterocycles. The highest BCUT2D eigenvalue weighted by Crippen LogP contribution is 2.28. The maximum absolute atomic E-state index is 12.3. The summed E-state index contributed by atoms with van der Waals surface area (Å²) in [6.45, 7) is 4.73. The molecule has 2 rings (SSSR count). The van der Waals surface area contributed by atoms with Crippen molar-refractivity contribution in [1.82, 2.24) is 4.98 Å². The van der Waals surface area contributed by atoms with Crippen LogP contribution in [-0.4, -0.2) is 29.9 Å². The van der Waals surface area contributed by atoms with Gasteiger partial charge >= 0.3 is 0 Å². The number of benzene rings is 1. The van der Waals surface area contributed by atoms with Crippen LogP contribution in [0.4, 0.5) is 0 Å². The van der Waals surface area contributed by atoms with E-state index in [1.54, 1.807) is 42.6 Å². The Hall–Kier alpha value is -2.89. The summed E-state index contributed by atoms with van der Waals surface area (Å²) >= 11 is 0. The van der Waals surface area contributed by atoms with Crippen molar-refractivity contribution in [3.8, 4) is 11.5 Å². The number of rotatable bonds is 6. The van der Waals surface area contributed by atoms with E-state index in [0.717, 1.165) is 0 Å². The second kappa shape index (κ2) is 7.93. The van der Waals surface area contributed by atoms with Gasteiger partial charge in [-0.2, -0.15) is 4.99 Å². The third-order valence-corrected chi connectivity index (χ3v) is 2.94. The van der Waals surface area contributed by atoms with E-state index >= 15 is 0 Å². The summed E-state index contributed by atoms with van der Waals surface area (Å²) in [7, 11) is 0. The maximum atomic E-state index is 12.3. The predicted molar refractivity (Wildman–Crippen MR) is 88.1 cm³/mol.